The Morgan fingerprint density at radius 1 is 1.14 bits per heavy atom. The molecule has 0 atom stereocenters. The Labute approximate surface area is 202 Å². The highest BCUT2D eigenvalue weighted by Crippen LogP contribution is 2.29. The van der Waals surface area contributed by atoms with Crippen molar-refractivity contribution in [3.8, 4) is 0 Å². The topological polar surface area (TPSA) is 136 Å². The third kappa shape index (κ3) is 6.04. The van der Waals surface area contributed by atoms with Crippen molar-refractivity contribution >= 4 is 23.6 Å². The molecule has 2 amide bonds. The zero-order chi connectivity index (χ0) is 24.9. The normalized spacial score (nSPS) is 16.5. The number of nitrogens with two attached hydrogens (primary N) is 2. The monoisotopic (exact) mass is 484 g/mol. The zero-order valence-corrected chi connectivity index (χ0v) is 19.5. The van der Waals surface area contributed by atoms with Crippen LogP contribution in [-0.2, 0) is 16.1 Å². The minimum absolute atomic E-state index is 0.00806. The lowest BCUT2D eigenvalue weighted by Gasteiger charge is -2.43. The Balaban J connectivity index is 1.23. The van der Waals surface area contributed by atoms with Crippen LogP contribution in [0.4, 0.5) is 14.9 Å². The number of anilines is 1. The maximum atomic E-state index is 14.9. The van der Waals surface area contributed by atoms with Crippen LogP contribution in [0.25, 0.3) is 0 Å². The van der Waals surface area contributed by atoms with Gasteiger partial charge in [-0.25, -0.2) is 9.18 Å². The average molecular weight is 485 g/mol. The van der Waals surface area contributed by atoms with Gasteiger partial charge in [0.15, 0.2) is 11.8 Å². The molecule has 4 rings (SSSR count). The van der Waals surface area contributed by atoms with E-state index in [4.69, 9.17) is 20.9 Å². The van der Waals surface area contributed by atoms with Crippen LogP contribution in [0.15, 0.2) is 41.5 Å². The van der Waals surface area contributed by atoms with Crippen LogP contribution in [0, 0.1) is 12.7 Å². The van der Waals surface area contributed by atoms with Gasteiger partial charge in [0.1, 0.15) is 6.61 Å². The fraction of sp³-hybridized carbons (Fsp3) is 0.417. The molecule has 2 aromatic rings. The number of guanidine groups is 1. The van der Waals surface area contributed by atoms with Crippen LogP contribution < -0.4 is 16.4 Å². The molecule has 0 radical (unpaired) electrons. The first-order chi connectivity index (χ1) is 16.8. The number of piperidine rings is 1. The van der Waals surface area contributed by atoms with Gasteiger partial charge in [-0.2, -0.15) is 0 Å². The van der Waals surface area contributed by atoms with Gasteiger partial charge >= 0.3 is 6.09 Å². The number of carbonyl (C=O) groups excluding carboxylic acids is 2. The van der Waals surface area contributed by atoms with Gasteiger partial charge in [0.2, 0.25) is 0 Å². The molecule has 0 aliphatic carbocycles. The first-order valence-electron chi connectivity index (χ1n) is 11.5. The number of nitrogens with zero attached hydrogens (tertiary/aromatic N) is 4. The molecule has 186 valence electrons. The van der Waals surface area contributed by atoms with Gasteiger partial charge in [0.25, 0.3) is 5.91 Å². The Morgan fingerprint density at radius 3 is 2.54 bits per heavy atom. The van der Waals surface area contributed by atoms with E-state index in [2.05, 4.69) is 9.98 Å². The Morgan fingerprint density at radius 2 is 1.89 bits per heavy atom. The average Bonchev–Trinajstić information content (AvgIpc) is 2.81. The largest absolute Gasteiger partial charge is 0.443 e. The molecule has 11 heteroatoms. The van der Waals surface area contributed by atoms with E-state index in [0.29, 0.717) is 37.4 Å². The second-order valence-electron chi connectivity index (χ2n) is 8.68. The second-order valence-corrected chi connectivity index (χ2v) is 8.68. The van der Waals surface area contributed by atoms with E-state index < -0.39 is 17.9 Å². The lowest BCUT2D eigenvalue weighted by molar-refractivity contribution is -0.0497. The van der Waals surface area contributed by atoms with Crippen molar-refractivity contribution in [2.24, 2.45) is 16.5 Å². The molecule has 2 fully saturated rings. The van der Waals surface area contributed by atoms with Gasteiger partial charge in [-0.15, -0.1) is 4.99 Å². The molecule has 4 N–H and O–H groups in total. The molecule has 0 saturated carbocycles. The summed E-state index contributed by atoms with van der Waals surface area (Å²) in [4.78, 5) is 35.3. The Hall–Kier alpha value is -3.73. The van der Waals surface area contributed by atoms with Gasteiger partial charge in [-0.05, 0) is 38.0 Å². The summed E-state index contributed by atoms with van der Waals surface area (Å²) >= 11 is 0. The number of carbonyl (C=O) groups is 2. The van der Waals surface area contributed by atoms with Crippen molar-refractivity contribution in [3.05, 3.63) is 59.2 Å². The number of hydrogen-bond acceptors (Lipinski definition) is 6. The fourth-order valence-corrected chi connectivity index (χ4v) is 4.16. The SMILES string of the molecule is Cc1ccc(C(=O)N2CCC(OC3CN(c4cccc(COC(=O)N=C(N)N)c4F)C3)CC2)cn1. The quantitative estimate of drug-likeness (QED) is 0.469. The number of hydrogen-bond donors (Lipinski definition) is 2. The number of halogens is 1. The molecule has 1 aromatic carbocycles. The molecule has 10 nitrogen and oxygen atoms in total. The van der Waals surface area contributed by atoms with Crippen LogP contribution in [0.1, 0.15) is 34.5 Å². The summed E-state index contributed by atoms with van der Waals surface area (Å²) < 4.78 is 26.0. The summed E-state index contributed by atoms with van der Waals surface area (Å²) in [7, 11) is 0. The van der Waals surface area contributed by atoms with Crippen LogP contribution in [0.2, 0.25) is 0 Å². The molecule has 2 aliphatic heterocycles. The standard InChI is InChI=1S/C24H29FN6O4/c1-15-5-6-16(11-28-15)22(32)30-9-7-18(8-10-30)35-19-12-31(13-19)20-4-2-3-17(21(20)25)14-34-24(33)29-23(26)27/h2-6,11,18-19H,7-10,12-14H2,1H3,(H4,26,27,29,33). The molecule has 0 spiro atoms. The molecule has 0 bridgehead atoms. The number of aliphatic imine (C=N–C) groups is 1. The van der Waals surface area contributed by atoms with E-state index in [0.717, 1.165) is 18.5 Å². The lowest BCUT2D eigenvalue weighted by atomic mass is 10.0. The summed E-state index contributed by atoms with van der Waals surface area (Å²) in [6, 6.07) is 8.56. The van der Waals surface area contributed by atoms with Crippen LogP contribution in [0.5, 0.6) is 0 Å². The molecule has 3 heterocycles. The zero-order valence-electron chi connectivity index (χ0n) is 19.5. The van der Waals surface area contributed by atoms with Crippen molar-refractivity contribution < 1.29 is 23.5 Å². The maximum Gasteiger partial charge on any atom is 0.437 e. The van der Waals surface area contributed by atoms with Gasteiger partial charge < -0.3 is 30.7 Å². The third-order valence-electron chi connectivity index (χ3n) is 6.09. The maximum absolute atomic E-state index is 14.9. The third-order valence-corrected chi connectivity index (χ3v) is 6.09. The number of benzene rings is 1. The molecule has 0 unspecified atom stereocenters. The molecule has 1 aromatic heterocycles. The van der Waals surface area contributed by atoms with Crippen molar-refractivity contribution in [3.63, 3.8) is 0 Å². The van der Waals surface area contributed by atoms with Gasteiger partial charge in [-0.3, -0.25) is 9.78 Å². The minimum atomic E-state index is -0.976. The summed E-state index contributed by atoms with van der Waals surface area (Å²) in [5.41, 5.74) is 12.4. The fourth-order valence-electron chi connectivity index (χ4n) is 4.16. The van der Waals surface area contributed by atoms with Gasteiger partial charge in [0, 0.05) is 43.6 Å². The highest BCUT2D eigenvalue weighted by molar-refractivity contribution is 5.94. The van der Waals surface area contributed by atoms with Gasteiger partial charge in [0.05, 0.1) is 23.5 Å². The van der Waals surface area contributed by atoms with Crippen molar-refractivity contribution in [1.29, 1.82) is 0 Å². The summed E-state index contributed by atoms with van der Waals surface area (Å²) in [6.45, 7) is 3.98. The molecule has 35 heavy (non-hydrogen) atoms. The van der Waals surface area contributed by atoms with E-state index in [1.165, 1.54) is 6.07 Å². The number of pyridine rings is 1. The molecular formula is C24H29FN6O4. The number of aromatic nitrogens is 1. The summed E-state index contributed by atoms with van der Waals surface area (Å²) in [5.74, 6) is -0.886. The van der Waals surface area contributed by atoms with E-state index in [-0.39, 0.29) is 30.3 Å². The van der Waals surface area contributed by atoms with E-state index in [1.54, 1.807) is 24.4 Å². The predicted molar refractivity (Wildman–Crippen MR) is 127 cm³/mol. The van der Waals surface area contributed by atoms with E-state index in [9.17, 15) is 14.0 Å². The lowest BCUT2D eigenvalue weighted by Crippen LogP contribution is -2.55. The summed E-state index contributed by atoms with van der Waals surface area (Å²) in [5, 5.41) is 0. The molecular weight excluding hydrogens is 455 g/mol. The number of amides is 2. The van der Waals surface area contributed by atoms with Gasteiger partial charge in [-0.1, -0.05) is 12.1 Å². The number of aryl methyl sites for hydroxylation is 1. The van der Waals surface area contributed by atoms with Crippen molar-refractivity contribution in [1.82, 2.24) is 9.88 Å². The minimum Gasteiger partial charge on any atom is -0.443 e. The first-order valence-corrected chi connectivity index (χ1v) is 11.5. The second kappa shape index (κ2) is 10.7. The van der Waals surface area contributed by atoms with Crippen molar-refractivity contribution in [2.75, 3.05) is 31.1 Å². The first kappa shape index (κ1) is 24.4. The predicted octanol–water partition coefficient (Wildman–Crippen LogP) is 1.95. The molecule has 2 aliphatic rings. The van der Waals surface area contributed by atoms with Crippen LogP contribution in [0.3, 0.4) is 0 Å². The highest BCUT2D eigenvalue weighted by atomic mass is 19.1. The number of likely N-dealkylation sites (tertiary alicyclic amines) is 1. The number of rotatable bonds is 6. The van der Waals surface area contributed by atoms with E-state index >= 15 is 0 Å². The highest BCUT2D eigenvalue weighted by Gasteiger charge is 2.33. The van der Waals surface area contributed by atoms with Crippen molar-refractivity contribution in [2.45, 2.75) is 38.6 Å². The summed E-state index contributed by atoms with van der Waals surface area (Å²) in [6.07, 6.45) is 2.21. The Bertz CT molecular complexity index is 1090. The Kier molecular flexibility index (Phi) is 7.45. The van der Waals surface area contributed by atoms with Crippen LogP contribution >= 0.6 is 0 Å². The van der Waals surface area contributed by atoms with E-state index in [1.807, 2.05) is 22.8 Å². The number of ether oxygens (including phenoxy) is 2. The van der Waals surface area contributed by atoms with Crippen LogP contribution in [-0.4, -0.2) is 66.2 Å². The smallest absolute Gasteiger partial charge is 0.437 e. The molecule has 2 saturated heterocycles.